The Kier molecular flexibility index (Phi) is 31.0. The van der Waals surface area contributed by atoms with E-state index in [-0.39, 0.29) is 41.2 Å². The first-order valence-electron chi connectivity index (χ1n) is 35.4. The van der Waals surface area contributed by atoms with Crippen LogP contribution in [0.4, 0.5) is 22.0 Å². The van der Waals surface area contributed by atoms with Crippen molar-refractivity contribution in [1.29, 1.82) is 0 Å². The number of unbranched alkanes of at least 4 members (excludes halogenated alkanes) is 6. The molecule has 5 N–H and O–H groups in total. The van der Waals surface area contributed by atoms with Crippen LogP contribution in [-0.2, 0) is 17.2 Å². The predicted molar refractivity (Wildman–Crippen MR) is 398 cm³/mol. The number of ether oxygens (including phenoxy) is 2. The average Bonchev–Trinajstić information content (AvgIpc) is 1.52. The van der Waals surface area contributed by atoms with Gasteiger partial charge in [0.15, 0.2) is 0 Å². The number of aromatic hydroxyl groups is 3. The molecule has 0 aliphatic heterocycles. The number of rotatable bonds is 30. The molecule has 7 atom stereocenters. The summed E-state index contributed by atoms with van der Waals surface area (Å²) >= 11 is 0. The Morgan fingerprint density at radius 3 is 1.54 bits per heavy atom. The Labute approximate surface area is 593 Å². The Bertz CT molecular complexity index is 3630. The number of alkyl halides is 5. The first kappa shape index (κ1) is 79.3. The maximum Gasteiger partial charge on any atom is 0.453 e. The highest BCUT2D eigenvalue weighted by atomic mass is 35.5. The second kappa shape index (κ2) is 38.7. The number of halogens is 6. The molecule has 7 aromatic rings. The summed E-state index contributed by atoms with van der Waals surface area (Å²) in [6.45, 7) is 9.66. The second-order valence-corrected chi connectivity index (χ2v) is 28.8. The lowest BCUT2D eigenvalue weighted by atomic mass is 9.52. The molecule has 0 saturated heterocycles. The number of hydrogen-bond acceptors (Lipinski definition) is 9. The summed E-state index contributed by atoms with van der Waals surface area (Å²) in [6.07, 6.45) is 7.78. The molecule has 10 rings (SSSR count). The van der Waals surface area contributed by atoms with E-state index < -0.39 is 35.7 Å². The molecule has 7 aromatic carbocycles. The van der Waals surface area contributed by atoms with Gasteiger partial charge in [0.2, 0.25) is 0 Å². The van der Waals surface area contributed by atoms with Crippen molar-refractivity contribution < 1.29 is 56.1 Å². The van der Waals surface area contributed by atoms with E-state index in [2.05, 4.69) is 110 Å². The van der Waals surface area contributed by atoms with Crippen LogP contribution in [0.3, 0.4) is 0 Å². The highest BCUT2D eigenvalue weighted by Gasteiger charge is 2.57. The largest absolute Gasteiger partial charge is 0.508 e. The third-order valence-corrected chi connectivity index (χ3v) is 21.6. The van der Waals surface area contributed by atoms with Crippen molar-refractivity contribution in [2.24, 2.45) is 23.2 Å². The number of aliphatic hydroxyl groups excluding tert-OH is 1. The first-order chi connectivity index (χ1) is 47.1. The minimum Gasteiger partial charge on any atom is -0.508 e. The van der Waals surface area contributed by atoms with Gasteiger partial charge in [-0.1, -0.05) is 175 Å². The molecule has 2 fully saturated rings. The van der Waals surface area contributed by atoms with Crippen LogP contribution in [0, 0.1) is 23.2 Å². The lowest BCUT2D eigenvalue weighted by Gasteiger charge is -2.53. The van der Waals surface area contributed by atoms with Gasteiger partial charge in [0.05, 0.1) is 6.10 Å². The topological polar surface area (TPSA) is 132 Å². The van der Waals surface area contributed by atoms with Crippen LogP contribution in [0.2, 0.25) is 0 Å². The van der Waals surface area contributed by atoms with Crippen LogP contribution >= 0.6 is 12.4 Å². The number of nitrogens with one attached hydrogen (secondary N) is 1. The summed E-state index contributed by atoms with van der Waals surface area (Å²) in [4.78, 5) is 2.10. The van der Waals surface area contributed by atoms with Crippen LogP contribution < -0.4 is 14.8 Å². The summed E-state index contributed by atoms with van der Waals surface area (Å²) < 4.78 is 86.1. The molecular weight excluding hydrogens is 1300 g/mol. The molecule has 536 valence electrons. The van der Waals surface area contributed by atoms with Crippen molar-refractivity contribution >= 4 is 45.5 Å². The van der Waals surface area contributed by atoms with Gasteiger partial charge in [-0.2, -0.15) is 22.0 Å². The molecule has 0 spiro atoms. The van der Waals surface area contributed by atoms with E-state index in [4.69, 9.17) is 9.47 Å². The number of benzene rings is 7. The summed E-state index contributed by atoms with van der Waals surface area (Å²) in [7, 11) is 4.64. The third-order valence-electron chi connectivity index (χ3n) is 20.1. The SMILES string of the molecule is CC/C(=C(\c1ccc(O)cc1)c1ccc(OCCN(C)C)cc1)c1ccccc1.CC/C(=C(\c1ccc(O)cc1)c1ccc(OCCNC)cc1)c1ccccc1.C[C@]12CC[C@@H]3c4ccc(O)cc4C[C@@H](CCCCCCCCCS(=O)CCCC(F)(F)C(F)(F)F)[C@H]3[C@@H]1CC[C@@H]2O.Cl. The first-order valence-corrected chi connectivity index (χ1v) is 36.8. The normalized spacial score (nSPS) is 19.5. The molecule has 0 heterocycles. The number of fused-ring (bicyclic) bond motifs is 5. The van der Waals surface area contributed by atoms with Crippen molar-refractivity contribution in [3.05, 3.63) is 220 Å². The van der Waals surface area contributed by atoms with Gasteiger partial charge in [-0.3, -0.25) is 4.21 Å². The fraction of sp³-hybridized carbons (Fsp3) is 0.446. The van der Waals surface area contributed by atoms with Crippen molar-refractivity contribution in [1.82, 2.24) is 10.2 Å². The van der Waals surface area contributed by atoms with Gasteiger partial charge in [0, 0.05) is 41.8 Å². The van der Waals surface area contributed by atoms with E-state index in [1.54, 1.807) is 24.3 Å². The van der Waals surface area contributed by atoms with Crippen LogP contribution in [0.5, 0.6) is 28.7 Å². The van der Waals surface area contributed by atoms with Gasteiger partial charge in [-0.15, -0.1) is 12.4 Å². The summed E-state index contributed by atoms with van der Waals surface area (Å²) in [5.41, 5.74) is 14.5. The number of hydrogen-bond donors (Lipinski definition) is 5. The van der Waals surface area contributed by atoms with E-state index in [0.29, 0.717) is 54.8 Å². The van der Waals surface area contributed by atoms with Crippen LogP contribution in [0.25, 0.3) is 22.3 Å². The number of phenols is 3. The highest BCUT2D eigenvalue weighted by Crippen LogP contribution is 2.63. The predicted octanol–water partition coefficient (Wildman–Crippen LogP) is 20.2. The quantitative estimate of drug-likeness (QED) is 0.0170. The van der Waals surface area contributed by atoms with Gasteiger partial charge in [-0.25, -0.2) is 0 Å². The van der Waals surface area contributed by atoms with Gasteiger partial charge in [0.25, 0.3) is 0 Å². The standard InChI is InChI=1S/C32H47F5O3S.C26H29NO2.C25H27NO2.ClH/c1-30-17-15-26-25-12-11-24(38)21-23(25)20-22(29(26)27(30)13-14-28(30)39)10-7-5-3-2-4-6-8-18-41(40)19-9-16-31(33,34)32(35,36)37;1-4-25(20-8-6-5-7-9-20)26(21-10-14-23(28)15-11-21)22-12-16-24(17-13-22)29-19-18-27(2)3;1-3-24(19-7-5-4-6-8-19)25(20-9-13-22(27)14-10-20)21-11-15-23(16-12-21)28-18-17-26-2;/h11-12,21-22,26-29,38-39H,2-10,13-20H2,1H3;5-17,28H,4,18-19H2,1-3H3;4-16,26-27H,3,17-18H2,1-2H3;1H/b;26-25-;25-24-;/t22-,26-,27+,28+,29-,30+,41?;;;/m1.../s1. The number of aliphatic hydroxyl groups is 1. The maximum atomic E-state index is 13.0. The molecule has 2 saturated carbocycles. The molecule has 3 aliphatic rings. The van der Waals surface area contributed by atoms with Gasteiger partial charge in [-0.05, 0) is 242 Å². The van der Waals surface area contributed by atoms with Crippen LogP contribution in [0.1, 0.15) is 174 Å². The molecular formula is C83H104ClF5N2O7S. The van der Waals surface area contributed by atoms with Crippen LogP contribution in [0.15, 0.2) is 176 Å². The van der Waals surface area contributed by atoms with Crippen molar-refractivity contribution in [2.45, 2.75) is 154 Å². The minimum absolute atomic E-state index is 0. The lowest BCUT2D eigenvalue weighted by molar-refractivity contribution is -0.284. The molecule has 0 aromatic heterocycles. The fourth-order valence-electron chi connectivity index (χ4n) is 15.0. The van der Waals surface area contributed by atoms with Crippen LogP contribution in [-0.4, -0.2) is 107 Å². The van der Waals surface area contributed by atoms with E-state index in [0.717, 1.165) is 137 Å². The van der Waals surface area contributed by atoms with E-state index in [1.807, 2.05) is 93.9 Å². The number of phenolic OH excluding ortho intramolecular Hbond substituents is 3. The molecule has 99 heavy (non-hydrogen) atoms. The minimum atomic E-state index is -5.54. The Morgan fingerprint density at radius 2 is 1.05 bits per heavy atom. The number of nitrogens with zero attached hydrogens (tertiary/aromatic N) is 1. The van der Waals surface area contributed by atoms with Gasteiger partial charge < -0.3 is 40.1 Å². The van der Waals surface area contributed by atoms with Gasteiger partial charge >= 0.3 is 12.1 Å². The van der Waals surface area contributed by atoms with Crippen molar-refractivity contribution in [3.8, 4) is 28.7 Å². The summed E-state index contributed by atoms with van der Waals surface area (Å²) in [6, 6.07) is 58.3. The van der Waals surface area contributed by atoms with Crippen molar-refractivity contribution in [3.63, 3.8) is 0 Å². The molecule has 0 bridgehead atoms. The monoisotopic (exact) mass is 1400 g/mol. The third kappa shape index (κ3) is 22.2. The molecule has 1 unspecified atom stereocenters. The zero-order chi connectivity index (χ0) is 70.2. The zero-order valence-electron chi connectivity index (χ0n) is 58.6. The Hall–Kier alpha value is -7.01. The zero-order valence-corrected chi connectivity index (χ0v) is 60.2. The Balaban J connectivity index is 0.000000213. The van der Waals surface area contributed by atoms with E-state index in [1.165, 1.54) is 44.5 Å². The van der Waals surface area contributed by atoms with Crippen molar-refractivity contribution in [2.75, 3.05) is 59.0 Å². The highest BCUT2D eigenvalue weighted by molar-refractivity contribution is 7.84. The molecule has 16 heteroatoms. The molecule has 3 aliphatic carbocycles. The second-order valence-electron chi connectivity index (χ2n) is 27.1. The summed E-state index contributed by atoms with van der Waals surface area (Å²) in [5.74, 6) is 0.368. The average molecular weight is 1400 g/mol. The molecule has 9 nitrogen and oxygen atoms in total. The Morgan fingerprint density at radius 1 is 0.586 bits per heavy atom. The smallest absolute Gasteiger partial charge is 0.453 e. The number of allylic oxidation sites excluding steroid dienone is 2. The molecule has 0 amide bonds. The maximum absolute atomic E-state index is 13.0. The molecule has 0 radical (unpaired) electrons. The fourth-order valence-corrected chi connectivity index (χ4v) is 16.1. The summed E-state index contributed by atoms with van der Waals surface area (Å²) in [5, 5.41) is 43.5. The van der Waals surface area contributed by atoms with Gasteiger partial charge in [0.1, 0.15) is 42.0 Å². The number of likely N-dealkylation sites (N-methyl/N-ethyl adjacent to an activating group) is 2. The lowest BCUT2D eigenvalue weighted by Crippen LogP contribution is -2.47. The van der Waals surface area contributed by atoms with E-state index >= 15 is 0 Å². The van der Waals surface area contributed by atoms with E-state index in [9.17, 15) is 46.6 Å².